The van der Waals surface area contributed by atoms with E-state index in [1.165, 1.54) is 7.11 Å². The highest BCUT2D eigenvalue weighted by Gasteiger charge is 2.12. The second-order valence-corrected chi connectivity index (χ2v) is 4.14. The minimum absolute atomic E-state index is 0.0866. The Kier molecular flexibility index (Phi) is 10.3. The number of methoxy groups -OCH3 is 1. The SMILES string of the molecule is CCOC(=O)CCCNC(=O)CN(CC)CC(=O)OC. The van der Waals surface area contributed by atoms with Gasteiger partial charge in [0, 0.05) is 13.0 Å². The Bertz CT molecular complexity index is 320. The van der Waals surface area contributed by atoms with Crippen LogP contribution in [0.2, 0.25) is 0 Å². The van der Waals surface area contributed by atoms with Crippen molar-refractivity contribution in [2.24, 2.45) is 0 Å². The summed E-state index contributed by atoms with van der Waals surface area (Å²) in [6.07, 6.45) is 0.821. The minimum atomic E-state index is -0.373. The number of ether oxygens (including phenoxy) is 2. The Morgan fingerprint density at radius 3 is 2.35 bits per heavy atom. The van der Waals surface area contributed by atoms with E-state index in [2.05, 4.69) is 10.1 Å². The van der Waals surface area contributed by atoms with Crippen molar-refractivity contribution in [2.75, 3.05) is 39.9 Å². The molecule has 0 atom stereocenters. The van der Waals surface area contributed by atoms with Gasteiger partial charge in [-0.3, -0.25) is 19.3 Å². The van der Waals surface area contributed by atoms with Gasteiger partial charge in [0.15, 0.2) is 0 Å². The van der Waals surface area contributed by atoms with Crippen LogP contribution in [0.15, 0.2) is 0 Å². The van der Waals surface area contributed by atoms with Crippen molar-refractivity contribution in [3.05, 3.63) is 0 Å². The van der Waals surface area contributed by atoms with Crippen LogP contribution < -0.4 is 5.32 Å². The number of hydrogen-bond acceptors (Lipinski definition) is 6. The number of nitrogens with one attached hydrogen (secondary N) is 1. The van der Waals surface area contributed by atoms with Crippen molar-refractivity contribution in [2.45, 2.75) is 26.7 Å². The fourth-order valence-corrected chi connectivity index (χ4v) is 1.48. The summed E-state index contributed by atoms with van der Waals surface area (Å²) in [7, 11) is 1.31. The van der Waals surface area contributed by atoms with Crippen LogP contribution in [0.3, 0.4) is 0 Å². The Labute approximate surface area is 119 Å². The van der Waals surface area contributed by atoms with Crippen molar-refractivity contribution in [3.8, 4) is 0 Å². The molecule has 116 valence electrons. The van der Waals surface area contributed by atoms with E-state index >= 15 is 0 Å². The number of amides is 1. The van der Waals surface area contributed by atoms with Crippen LogP contribution >= 0.6 is 0 Å². The minimum Gasteiger partial charge on any atom is -0.468 e. The monoisotopic (exact) mass is 288 g/mol. The van der Waals surface area contributed by atoms with Gasteiger partial charge in [0.1, 0.15) is 0 Å². The van der Waals surface area contributed by atoms with Gasteiger partial charge in [-0.1, -0.05) is 6.92 Å². The number of nitrogens with zero attached hydrogens (tertiary/aromatic N) is 1. The lowest BCUT2D eigenvalue weighted by Gasteiger charge is -2.18. The Morgan fingerprint density at radius 2 is 1.80 bits per heavy atom. The molecule has 0 unspecified atom stereocenters. The largest absolute Gasteiger partial charge is 0.468 e. The van der Waals surface area contributed by atoms with Crippen molar-refractivity contribution in [3.63, 3.8) is 0 Å². The summed E-state index contributed by atoms with van der Waals surface area (Å²) in [5.41, 5.74) is 0. The van der Waals surface area contributed by atoms with E-state index in [9.17, 15) is 14.4 Å². The summed E-state index contributed by atoms with van der Waals surface area (Å²) < 4.78 is 9.32. The number of esters is 2. The Morgan fingerprint density at radius 1 is 1.10 bits per heavy atom. The molecule has 0 radical (unpaired) electrons. The van der Waals surface area contributed by atoms with E-state index in [0.29, 0.717) is 26.1 Å². The molecule has 0 fully saturated rings. The zero-order valence-electron chi connectivity index (χ0n) is 12.4. The molecule has 7 nitrogen and oxygen atoms in total. The molecule has 0 heterocycles. The van der Waals surface area contributed by atoms with Crippen LogP contribution in [0, 0.1) is 0 Å². The van der Waals surface area contributed by atoms with Gasteiger partial charge in [-0.05, 0) is 19.9 Å². The molecular weight excluding hydrogens is 264 g/mol. The highest BCUT2D eigenvalue weighted by molar-refractivity contribution is 5.79. The Balaban J connectivity index is 3.80. The van der Waals surface area contributed by atoms with Gasteiger partial charge in [-0.25, -0.2) is 0 Å². The molecule has 0 saturated heterocycles. The first-order valence-electron chi connectivity index (χ1n) is 6.74. The summed E-state index contributed by atoms with van der Waals surface area (Å²) in [5, 5.41) is 2.70. The van der Waals surface area contributed by atoms with E-state index in [4.69, 9.17) is 4.74 Å². The molecule has 0 rings (SSSR count). The number of rotatable bonds is 10. The average molecular weight is 288 g/mol. The molecule has 0 aliphatic rings. The Hall–Kier alpha value is -1.63. The number of carbonyl (C=O) groups is 3. The molecule has 1 N–H and O–H groups in total. The second kappa shape index (κ2) is 11.2. The third-order valence-electron chi connectivity index (χ3n) is 2.58. The number of carbonyl (C=O) groups excluding carboxylic acids is 3. The molecular formula is C13H24N2O5. The second-order valence-electron chi connectivity index (χ2n) is 4.14. The normalized spacial score (nSPS) is 10.2. The third-order valence-corrected chi connectivity index (χ3v) is 2.58. The first kappa shape index (κ1) is 18.4. The standard InChI is InChI=1S/C13H24N2O5/c1-4-15(10-13(18)19-3)9-11(16)14-8-6-7-12(17)20-5-2/h4-10H2,1-3H3,(H,14,16). The summed E-state index contributed by atoms with van der Waals surface area (Å²) in [6.45, 7) is 5.18. The first-order valence-corrected chi connectivity index (χ1v) is 6.74. The summed E-state index contributed by atoms with van der Waals surface area (Å²) in [6, 6.07) is 0. The van der Waals surface area contributed by atoms with Crippen LogP contribution in [0.5, 0.6) is 0 Å². The fourth-order valence-electron chi connectivity index (χ4n) is 1.48. The third kappa shape index (κ3) is 9.32. The van der Waals surface area contributed by atoms with Gasteiger partial charge in [0.2, 0.25) is 5.91 Å². The van der Waals surface area contributed by atoms with Crippen molar-refractivity contribution in [1.82, 2.24) is 10.2 Å². The zero-order chi connectivity index (χ0) is 15.4. The molecule has 0 spiro atoms. The van der Waals surface area contributed by atoms with Crippen LogP contribution in [0.4, 0.5) is 0 Å². The maximum atomic E-state index is 11.6. The molecule has 0 aromatic rings. The van der Waals surface area contributed by atoms with E-state index in [0.717, 1.165) is 0 Å². The molecule has 0 aromatic heterocycles. The van der Waals surface area contributed by atoms with Gasteiger partial charge in [-0.15, -0.1) is 0 Å². The molecule has 0 bridgehead atoms. The lowest BCUT2D eigenvalue weighted by atomic mass is 10.3. The van der Waals surface area contributed by atoms with Crippen LogP contribution in [-0.2, 0) is 23.9 Å². The lowest BCUT2D eigenvalue weighted by Crippen LogP contribution is -2.40. The molecule has 0 aromatic carbocycles. The van der Waals surface area contributed by atoms with Gasteiger partial charge in [-0.2, -0.15) is 0 Å². The molecule has 1 amide bonds. The van der Waals surface area contributed by atoms with Crippen molar-refractivity contribution < 1.29 is 23.9 Å². The maximum absolute atomic E-state index is 11.6. The molecule has 0 aliphatic carbocycles. The number of likely N-dealkylation sites (N-methyl/N-ethyl adjacent to an activating group) is 1. The summed E-state index contributed by atoms with van der Waals surface area (Å²) in [4.78, 5) is 35.5. The molecule has 0 aliphatic heterocycles. The van der Waals surface area contributed by atoms with Crippen molar-refractivity contribution in [1.29, 1.82) is 0 Å². The molecule has 0 saturated carbocycles. The summed E-state index contributed by atoms with van der Waals surface area (Å²) >= 11 is 0. The molecule has 20 heavy (non-hydrogen) atoms. The van der Waals surface area contributed by atoms with E-state index in [-0.39, 0.29) is 37.4 Å². The quantitative estimate of drug-likeness (QED) is 0.448. The van der Waals surface area contributed by atoms with Gasteiger partial charge in [0.25, 0.3) is 0 Å². The number of hydrogen-bond donors (Lipinski definition) is 1. The summed E-state index contributed by atoms with van der Waals surface area (Å²) in [5.74, 6) is -0.816. The first-order chi connectivity index (χ1) is 9.53. The van der Waals surface area contributed by atoms with Crippen LogP contribution in [0.25, 0.3) is 0 Å². The van der Waals surface area contributed by atoms with Gasteiger partial charge >= 0.3 is 11.9 Å². The predicted molar refractivity (Wildman–Crippen MR) is 73.0 cm³/mol. The lowest BCUT2D eigenvalue weighted by molar-refractivity contribution is -0.144. The maximum Gasteiger partial charge on any atom is 0.319 e. The van der Waals surface area contributed by atoms with Gasteiger partial charge < -0.3 is 14.8 Å². The van der Waals surface area contributed by atoms with E-state index < -0.39 is 0 Å². The topological polar surface area (TPSA) is 84.9 Å². The highest BCUT2D eigenvalue weighted by Crippen LogP contribution is 1.92. The smallest absolute Gasteiger partial charge is 0.319 e. The van der Waals surface area contributed by atoms with Crippen LogP contribution in [-0.4, -0.2) is 62.6 Å². The molecule has 7 heteroatoms. The van der Waals surface area contributed by atoms with Gasteiger partial charge in [0.05, 0.1) is 26.8 Å². The van der Waals surface area contributed by atoms with Crippen molar-refractivity contribution >= 4 is 17.8 Å². The van der Waals surface area contributed by atoms with E-state index in [1.54, 1.807) is 11.8 Å². The zero-order valence-corrected chi connectivity index (χ0v) is 12.4. The highest BCUT2D eigenvalue weighted by atomic mass is 16.5. The van der Waals surface area contributed by atoms with E-state index in [1.807, 2.05) is 6.92 Å². The fraction of sp³-hybridized carbons (Fsp3) is 0.769. The van der Waals surface area contributed by atoms with Crippen LogP contribution in [0.1, 0.15) is 26.7 Å². The average Bonchev–Trinajstić information content (AvgIpc) is 2.43. The predicted octanol–water partition coefficient (Wildman–Crippen LogP) is -0.0592.